The van der Waals surface area contributed by atoms with Gasteiger partial charge in [-0.05, 0) is 30.7 Å². The van der Waals surface area contributed by atoms with E-state index in [-0.39, 0.29) is 5.91 Å². The third kappa shape index (κ3) is 3.65. The van der Waals surface area contributed by atoms with Gasteiger partial charge in [0.25, 0.3) is 5.91 Å². The third-order valence-electron chi connectivity index (χ3n) is 3.86. The maximum atomic E-state index is 11.8. The Bertz CT molecular complexity index is 793. The van der Waals surface area contributed by atoms with Crippen molar-refractivity contribution in [2.24, 2.45) is 0 Å². The quantitative estimate of drug-likeness (QED) is 0.646. The number of rotatable bonds is 8. The van der Waals surface area contributed by atoms with E-state index in [0.717, 1.165) is 36.2 Å². The summed E-state index contributed by atoms with van der Waals surface area (Å²) in [7, 11) is 1.70. The zero-order valence-electron chi connectivity index (χ0n) is 13.7. The van der Waals surface area contributed by atoms with E-state index < -0.39 is 0 Å². The van der Waals surface area contributed by atoms with Gasteiger partial charge in [0, 0.05) is 26.6 Å². The van der Waals surface area contributed by atoms with Crippen molar-refractivity contribution >= 4 is 16.9 Å². The van der Waals surface area contributed by atoms with Gasteiger partial charge in [-0.25, -0.2) is 4.98 Å². The molecular formula is C18H21N3O3. The number of furan rings is 1. The summed E-state index contributed by atoms with van der Waals surface area (Å²) in [4.78, 5) is 16.5. The Kier molecular flexibility index (Phi) is 5.28. The van der Waals surface area contributed by atoms with Gasteiger partial charge in [-0.15, -0.1) is 0 Å². The Balaban J connectivity index is 1.61. The molecule has 0 atom stereocenters. The molecule has 0 aliphatic rings. The van der Waals surface area contributed by atoms with E-state index in [0.29, 0.717) is 18.9 Å². The molecule has 0 saturated heterocycles. The lowest BCUT2D eigenvalue weighted by atomic mass is 10.3. The highest BCUT2D eigenvalue weighted by Gasteiger charge is 2.11. The molecule has 3 aromatic rings. The Labute approximate surface area is 140 Å². The van der Waals surface area contributed by atoms with Crippen LogP contribution in [-0.2, 0) is 17.7 Å². The van der Waals surface area contributed by atoms with Crippen molar-refractivity contribution in [3.63, 3.8) is 0 Å². The molecule has 126 valence electrons. The number of benzene rings is 1. The van der Waals surface area contributed by atoms with Crippen LogP contribution >= 0.6 is 0 Å². The van der Waals surface area contributed by atoms with Gasteiger partial charge in [0.2, 0.25) is 0 Å². The topological polar surface area (TPSA) is 69.3 Å². The number of ether oxygens (including phenoxy) is 1. The maximum absolute atomic E-state index is 11.8. The van der Waals surface area contributed by atoms with Crippen molar-refractivity contribution in [1.82, 2.24) is 14.9 Å². The minimum atomic E-state index is -0.187. The Morgan fingerprint density at radius 2 is 2.17 bits per heavy atom. The van der Waals surface area contributed by atoms with Crippen molar-refractivity contribution < 1.29 is 13.9 Å². The summed E-state index contributed by atoms with van der Waals surface area (Å²) in [6, 6.07) is 11.4. The molecule has 0 radical (unpaired) electrons. The summed E-state index contributed by atoms with van der Waals surface area (Å²) in [5.74, 6) is 1.16. The van der Waals surface area contributed by atoms with Crippen LogP contribution in [0.3, 0.4) is 0 Å². The van der Waals surface area contributed by atoms with E-state index in [1.807, 2.05) is 18.2 Å². The zero-order chi connectivity index (χ0) is 16.8. The van der Waals surface area contributed by atoms with Crippen molar-refractivity contribution in [3.05, 3.63) is 54.2 Å². The molecule has 0 fully saturated rings. The van der Waals surface area contributed by atoms with E-state index in [1.165, 1.54) is 6.26 Å². The standard InChI is InChI=1S/C18H21N3O3/c1-23-13-11-21-15-7-3-2-6-14(15)20-17(21)9-4-10-19-18(22)16-8-5-12-24-16/h2-3,5-8,12H,4,9-11,13H2,1H3,(H,19,22). The number of nitrogens with one attached hydrogen (secondary N) is 1. The molecule has 0 unspecified atom stereocenters. The van der Waals surface area contributed by atoms with Crippen molar-refractivity contribution in [2.75, 3.05) is 20.3 Å². The molecule has 1 amide bonds. The highest BCUT2D eigenvalue weighted by atomic mass is 16.5. The number of para-hydroxylation sites is 2. The van der Waals surface area contributed by atoms with Gasteiger partial charge < -0.3 is 19.0 Å². The Hall–Kier alpha value is -2.60. The summed E-state index contributed by atoms with van der Waals surface area (Å²) in [6.07, 6.45) is 3.09. The maximum Gasteiger partial charge on any atom is 0.286 e. The van der Waals surface area contributed by atoms with Crippen LogP contribution in [0.15, 0.2) is 47.1 Å². The lowest BCUT2D eigenvalue weighted by molar-refractivity contribution is 0.0925. The molecule has 1 aromatic carbocycles. The highest BCUT2D eigenvalue weighted by Crippen LogP contribution is 2.17. The molecule has 6 heteroatoms. The molecule has 3 rings (SSSR count). The van der Waals surface area contributed by atoms with E-state index in [2.05, 4.69) is 16.0 Å². The normalized spacial score (nSPS) is 11.0. The van der Waals surface area contributed by atoms with Gasteiger partial charge in [-0.3, -0.25) is 4.79 Å². The smallest absolute Gasteiger partial charge is 0.286 e. The number of hydrogen-bond acceptors (Lipinski definition) is 4. The van der Waals surface area contributed by atoms with Crippen LogP contribution in [0.1, 0.15) is 22.8 Å². The first kappa shape index (κ1) is 16.3. The van der Waals surface area contributed by atoms with Crippen LogP contribution in [0.5, 0.6) is 0 Å². The SMILES string of the molecule is COCCn1c(CCCNC(=O)c2ccco2)nc2ccccc21. The first-order valence-electron chi connectivity index (χ1n) is 8.04. The fourth-order valence-electron chi connectivity index (χ4n) is 2.69. The van der Waals surface area contributed by atoms with Crippen molar-refractivity contribution in [3.8, 4) is 0 Å². The molecule has 24 heavy (non-hydrogen) atoms. The molecule has 0 bridgehead atoms. The number of carbonyl (C=O) groups is 1. The number of aryl methyl sites for hydroxylation is 1. The zero-order valence-corrected chi connectivity index (χ0v) is 13.7. The minimum absolute atomic E-state index is 0.187. The van der Waals surface area contributed by atoms with E-state index in [9.17, 15) is 4.79 Å². The fourth-order valence-corrected chi connectivity index (χ4v) is 2.69. The van der Waals surface area contributed by atoms with Gasteiger partial charge in [-0.2, -0.15) is 0 Å². The number of methoxy groups -OCH3 is 1. The third-order valence-corrected chi connectivity index (χ3v) is 3.86. The van der Waals surface area contributed by atoms with Crippen molar-refractivity contribution in [1.29, 1.82) is 0 Å². The predicted molar refractivity (Wildman–Crippen MR) is 91.0 cm³/mol. The number of hydrogen-bond donors (Lipinski definition) is 1. The first-order valence-corrected chi connectivity index (χ1v) is 8.04. The highest BCUT2D eigenvalue weighted by molar-refractivity contribution is 5.91. The average molecular weight is 327 g/mol. The number of amides is 1. The number of aromatic nitrogens is 2. The summed E-state index contributed by atoms with van der Waals surface area (Å²) in [5.41, 5.74) is 2.10. The van der Waals surface area contributed by atoms with E-state index in [1.54, 1.807) is 19.2 Å². The van der Waals surface area contributed by atoms with Gasteiger partial charge in [0.15, 0.2) is 5.76 Å². The molecule has 0 spiro atoms. The summed E-state index contributed by atoms with van der Waals surface area (Å²) in [5, 5.41) is 2.86. The summed E-state index contributed by atoms with van der Waals surface area (Å²) >= 11 is 0. The molecule has 6 nitrogen and oxygen atoms in total. The Morgan fingerprint density at radius 1 is 1.29 bits per heavy atom. The molecular weight excluding hydrogens is 306 g/mol. The first-order chi connectivity index (χ1) is 11.8. The molecule has 0 saturated carbocycles. The largest absolute Gasteiger partial charge is 0.459 e. The number of imidazole rings is 1. The molecule has 2 heterocycles. The van der Waals surface area contributed by atoms with Gasteiger partial charge in [0.1, 0.15) is 5.82 Å². The second-order valence-electron chi connectivity index (χ2n) is 5.50. The van der Waals surface area contributed by atoms with E-state index in [4.69, 9.17) is 14.1 Å². The van der Waals surface area contributed by atoms with Crippen molar-refractivity contribution in [2.45, 2.75) is 19.4 Å². The molecule has 0 aliphatic carbocycles. The number of fused-ring (bicyclic) bond motifs is 1. The Morgan fingerprint density at radius 3 is 2.96 bits per heavy atom. The molecule has 2 aromatic heterocycles. The van der Waals surface area contributed by atoms with Crippen LogP contribution < -0.4 is 5.32 Å². The predicted octanol–water partition coefficient (Wildman–Crippen LogP) is 2.64. The monoisotopic (exact) mass is 327 g/mol. The van der Waals surface area contributed by atoms with Gasteiger partial charge >= 0.3 is 0 Å². The van der Waals surface area contributed by atoms with Crippen LogP contribution in [0.25, 0.3) is 11.0 Å². The number of carbonyl (C=O) groups excluding carboxylic acids is 1. The lowest BCUT2D eigenvalue weighted by Crippen LogP contribution is -2.24. The number of nitrogens with zero attached hydrogens (tertiary/aromatic N) is 2. The second-order valence-corrected chi connectivity index (χ2v) is 5.50. The fraction of sp³-hybridized carbons (Fsp3) is 0.333. The van der Waals surface area contributed by atoms with Gasteiger partial charge in [0.05, 0.1) is 23.9 Å². The molecule has 0 aliphatic heterocycles. The average Bonchev–Trinajstić information content (AvgIpc) is 3.24. The van der Waals surface area contributed by atoms with Gasteiger partial charge in [-0.1, -0.05) is 12.1 Å². The minimum Gasteiger partial charge on any atom is -0.459 e. The van der Waals surface area contributed by atoms with Crippen LogP contribution in [0.4, 0.5) is 0 Å². The second kappa shape index (κ2) is 7.79. The molecule has 1 N–H and O–H groups in total. The van der Waals surface area contributed by atoms with Crippen LogP contribution in [-0.4, -0.2) is 35.7 Å². The lowest BCUT2D eigenvalue weighted by Gasteiger charge is -2.09. The summed E-state index contributed by atoms with van der Waals surface area (Å²) in [6.45, 7) is 1.99. The van der Waals surface area contributed by atoms with Crippen LogP contribution in [0, 0.1) is 0 Å². The van der Waals surface area contributed by atoms with Crippen LogP contribution in [0.2, 0.25) is 0 Å². The summed E-state index contributed by atoms with van der Waals surface area (Å²) < 4.78 is 12.5. The van der Waals surface area contributed by atoms with E-state index >= 15 is 0 Å².